The van der Waals surface area contributed by atoms with Crippen molar-refractivity contribution in [3.8, 4) is 5.75 Å². The van der Waals surface area contributed by atoms with Crippen LogP contribution in [0.5, 0.6) is 5.75 Å². The summed E-state index contributed by atoms with van der Waals surface area (Å²) in [7, 11) is 1.66. The number of benzene rings is 2. The maximum absolute atomic E-state index is 12.1. The molecule has 138 valence electrons. The second-order valence-electron chi connectivity index (χ2n) is 6.93. The van der Waals surface area contributed by atoms with Crippen molar-refractivity contribution >= 4 is 5.91 Å². The molecule has 26 heavy (non-hydrogen) atoms. The number of nitrogens with one attached hydrogen (secondary N) is 1. The second kappa shape index (κ2) is 9.39. The molecule has 1 amide bonds. The van der Waals surface area contributed by atoms with Gasteiger partial charge in [-0.3, -0.25) is 9.69 Å². The molecule has 0 atom stereocenters. The number of hydrogen-bond acceptors (Lipinski definition) is 3. The van der Waals surface area contributed by atoms with Crippen molar-refractivity contribution < 1.29 is 9.53 Å². The van der Waals surface area contributed by atoms with Crippen LogP contribution in [0.1, 0.15) is 36.0 Å². The lowest BCUT2D eigenvalue weighted by molar-refractivity contribution is -0.121. The molecule has 0 aliphatic carbocycles. The number of nitrogens with zero attached hydrogens (tertiary/aromatic N) is 1. The van der Waals surface area contributed by atoms with E-state index in [0.717, 1.165) is 24.3 Å². The number of ether oxygens (including phenoxy) is 1. The van der Waals surface area contributed by atoms with Crippen molar-refractivity contribution in [3.63, 3.8) is 0 Å². The Labute approximate surface area is 156 Å². The number of likely N-dealkylation sites (tertiary alicyclic amines) is 1. The zero-order chi connectivity index (χ0) is 18.2. The van der Waals surface area contributed by atoms with Crippen LogP contribution in [0.25, 0.3) is 0 Å². The predicted molar refractivity (Wildman–Crippen MR) is 104 cm³/mol. The molecular formula is C22H28N2O2. The summed E-state index contributed by atoms with van der Waals surface area (Å²) in [5.41, 5.74) is 3.64. The highest BCUT2D eigenvalue weighted by Gasteiger charge is 2.11. The molecule has 3 rings (SSSR count). The molecule has 1 N–H and O–H groups in total. The van der Waals surface area contributed by atoms with E-state index in [1.54, 1.807) is 7.11 Å². The van der Waals surface area contributed by atoms with E-state index in [1.165, 1.54) is 37.1 Å². The summed E-state index contributed by atoms with van der Waals surface area (Å²) in [6.07, 6.45) is 3.86. The number of hydrogen-bond donors (Lipinski definition) is 1. The molecule has 1 heterocycles. The van der Waals surface area contributed by atoms with Crippen LogP contribution >= 0.6 is 0 Å². The lowest BCUT2D eigenvalue weighted by atomic mass is 10.1. The zero-order valence-electron chi connectivity index (χ0n) is 15.5. The monoisotopic (exact) mass is 352 g/mol. The van der Waals surface area contributed by atoms with Crippen molar-refractivity contribution in [1.82, 2.24) is 10.2 Å². The molecule has 1 aliphatic heterocycles. The normalized spacial score (nSPS) is 14.3. The first-order chi connectivity index (χ1) is 12.7. The van der Waals surface area contributed by atoms with Gasteiger partial charge < -0.3 is 10.1 Å². The Morgan fingerprint density at radius 1 is 1.04 bits per heavy atom. The van der Waals surface area contributed by atoms with Gasteiger partial charge in [0, 0.05) is 19.5 Å². The molecule has 1 fully saturated rings. The van der Waals surface area contributed by atoms with Crippen molar-refractivity contribution in [2.24, 2.45) is 0 Å². The summed E-state index contributed by atoms with van der Waals surface area (Å²) in [6, 6.07) is 16.4. The Kier molecular flexibility index (Phi) is 6.67. The highest BCUT2D eigenvalue weighted by molar-refractivity contribution is 5.76. The van der Waals surface area contributed by atoms with E-state index in [1.807, 2.05) is 24.3 Å². The van der Waals surface area contributed by atoms with Gasteiger partial charge in [-0.25, -0.2) is 0 Å². The van der Waals surface area contributed by atoms with Gasteiger partial charge in [-0.15, -0.1) is 0 Å². The van der Waals surface area contributed by atoms with Crippen LogP contribution in [-0.2, 0) is 24.3 Å². The summed E-state index contributed by atoms with van der Waals surface area (Å²) in [6.45, 7) is 4.01. The average Bonchev–Trinajstić information content (AvgIpc) is 3.18. The summed E-state index contributed by atoms with van der Waals surface area (Å²) in [4.78, 5) is 14.6. The topological polar surface area (TPSA) is 41.6 Å². The van der Waals surface area contributed by atoms with Crippen molar-refractivity contribution in [1.29, 1.82) is 0 Å². The minimum absolute atomic E-state index is 0.0887. The first-order valence-electron chi connectivity index (χ1n) is 9.43. The number of methoxy groups -OCH3 is 1. The largest absolute Gasteiger partial charge is 0.497 e. The molecule has 0 aromatic heterocycles. The van der Waals surface area contributed by atoms with Gasteiger partial charge in [0.05, 0.1) is 7.11 Å². The smallest absolute Gasteiger partial charge is 0.220 e. The summed E-state index contributed by atoms with van der Waals surface area (Å²) < 4.78 is 5.15. The zero-order valence-corrected chi connectivity index (χ0v) is 15.5. The molecule has 4 heteroatoms. The molecule has 0 unspecified atom stereocenters. The fourth-order valence-corrected chi connectivity index (χ4v) is 3.38. The van der Waals surface area contributed by atoms with Crippen LogP contribution < -0.4 is 10.1 Å². The third-order valence-electron chi connectivity index (χ3n) is 4.89. The minimum Gasteiger partial charge on any atom is -0.497 e. The van der Waals surface area contributed by atoms with Gasteiger partial charge in [0.2, 0.25) is 5.91 Å². The van der Waals surface area contributed by atoms with Crippen LogP contribution in [0.4, 0.5) is 0 Å². The first kappa shape index (κ1) is 18.5. The van der Waals surface area contributed by atoms with Crippen molar-refractivity contribution in [2.45, 2.75) is 38.8 Å². The fourth-order valence-electron chi connectivity index (χ4n) is 3.38. The molecule has 0 bridgehead atoms. The third-order valence-corrected chi connectivity index (χ3v) is 4.89. The fraction of sp³-hybridized carbons (Fsp3) is 0.409. The number of amides is 1. The van der Waals surface area contributed by atoms with Gasteiger partial charge >= 0.3 is 0 Å². The molecule has 2 aromatic rings. The van der Waals surface area contributed by atoms with Gasteiger partial charge in [-0.05, 0) is 61.2 Å². The molecule has 2 aromatic carbocycles. The Balaban J connectivity index is 1.43. The Hall–Kier alpha value is -2.33. The van der Waals surface area contributed by atoms with E-state index < -0.39 is 0 Å². The SMILES string of the molecule is COc1ccc(CCC(=O)NCc2cccc(CN3CCCC3)c2)cc1. The van der Waals surface area contributed by atoms with E-state index >= 15 is 0 Å². The van der Waals surface area contributed by atoms with Crippen molar-refractivity contribution in [2.75, 3.05) is 20.2 Å². The highest BCUT2D eigenvalue weighted by Crippen LogP contribution is 2.14. The van der Waals surface area contributed by atoms with Crippen LogP contribution in [0.2, 0.25) is 0 Å². The van der Waals surface area contributed by atoms with Crippen LogP contribution in [0, 0.1) is 0 Å². The van der Waals surface area contributed by atoms with Gasteiger partial charge in [0.25, 0.3) is 0 Å². The Bertz CT molecular complexity index is 706. The maximum atomic E-state index is 12.1. The summed E-state index contributed by atoms with van der Waals surface area (Å²) >= 11 is 0. The molecule has 0 spiro atoms. The molecule has 4 nitrogen and oxygen atoms in total. The Morgan fingerprint density at radius 2 is 1.77 bits per heavy atom. The minimum atomic E-state index is 0.0887. The second-order valence-corrected chi connectivity index (χ2v) is 6.93. The van der Waals surface area contributed by atoms with E-state index in [0.29, 0.717) is 13.0 Å². The van der Waals surface area contributed by atoms with Crippen LogP contribution in [-0.4, -0.2) is 31.0 Å². The number of carbonyl (C=O) groups excluding carboxylic acids is 1. The van der Waals surface area contributed by atoms with Crippen molar-refractivity contribution in [3.05, 3.63) is 65.2 Å². The standard InChI is InChI=1S/C22H28N2O2/c1-26-21-10-7-18(8-11-21)9-12-22(25)23-16-19-5-4-6-20(15-19)17-24-13-2-3-14-24/h4-8,10-11,15H,2-3,9,12-14,16-17H2,1H3,(H,23,25). The van der Waals surface area contributed by atoms with E-state index in [-0.39, 0.29) is 5.91 Å². The third kappa shape index (κ3) is 5.60. The quantitative estimate of drug-likeness (QED) is 0.790. The van der Waals surface area contributed by atoms with Crippen LogP contribution in [0.3, 0.4) is 0 Å². The number of carbonyl (C=O) groups is 1. The Morgan fingerprint density at radius 3 is 2.50 bits per heavy atom. The first-order valence-corrected chi connectivity index (χ1v) is 9.43. The summed E-state index contributed by atoms with van der Waals surface area (Å²) in [5, 5.41) is 3.04. The number of rotatable bonds is 8. The van der Waals surface area contributed by atoms with E-state index in [2.05, 4.69) is 34.5 Å². The van der Waals surface area contributed by atoms with Gasteiger partial charge in [0.1, 0.15) is 5.75 Å². The molecule has 0 radical (unpaired) electrons. The summed E-state index contributed by atoms with van der Waals surface area (Å²) in [5.74, 6) is 0.928. The molecule has 1 aliphatic rings. The molecule has 1 saturated heterocycles. The molecular weight excluding hydrogens is 324 g/mol. The van der Waals surface area contributed by atoms with E-state index in [4.69, 9.17) is 4.74 Å². The van der Waals surface area contributed by atoms with Crippen LogP contribution in [0.15, 0.2) is 48.5 Å². The van der Waals surface area contributed by atoms with E-state index in [9.17, 15) is 4.79 Å². The average molecular weight is 352 g/mol. The highest BCUT2D eigenvalue weighted by atomic mass is 16.5. The lowest BCUT2D eigenvalue weighted by Crippen LogP contribution is -2.23. The lowest BCUT2D eigenvalue weighted by Gasteiger charge is -2.15. The maximum Gasteiger partial charge on any atom is 0.220 e. The van der Waals surface area contributed by atoms with Gasteiger partial charge in [-0.1, -0.05) is 36.4 Å². The number of aryl methyl sites for hydroxylation is 1. The van der Waals surface area contributed by atoms with Gasteiger partial charge in [0.15, 0.2) is 0 Å². The predicted octanol–water partition coefficient (Wildman–Crippen LogP) is 3.54. The molecule has 0 saturated carbocycles. The van der Waals surface area contributed by atoms with Gasteiger partial charge in [-0.2, -0.15) is 0 Å².